The summed E-state index contributed by atoms with van der Waals surface area (Å²) in [6.07, 6.45) is 2.42. The Hall–Kier alpha value is -2.73. The lowest BCUT2D eigenvalue weighted by Crippen LogP contribution is -2.07. The van der Waals surface area contributed by atoms with Crippen LogP contribution in [0, 0.1) is 11.6 Å². The molecular formula is C19H14ClF2NO3. The number of rotatable bonds is 5. The summed E-state index contributed by atoms with van der Waals surface area (Å²) in [5, 5.41) is -0.103. The molecule has 2 aromatic carbocycles. The maximum Gasteiger partial charge on any atom is 0.363 e. The highest BCUT2D eigenvalue weighted by molar-refractivity contribution is 6.34. The van der Waals surface area contributed by atoms with Gasteiger partial charge in [0.05, 0.1) is 17.2 Å². The first-order valence-electron chi connectivity index (χ1n) is 7.88. The number of ether oxygens (including phenoxy) is 2. The van der Waals surface area contributed by atoms with Gasteiger partial charge in [0, 0.05) is 0 Å². The van der Waals surface area contributed by atoms with E-state index in [1.165, 1.54) is 6.08 Å². The van der Waals surface area contributed by atoms with Crippen molar-refractivity contribution in [1.82, 2.24) is 0 Å². The average molecular weight is 378 g/mol. The Balaban J connectivity index is 1.86. The number of benzene rings is 2. The molecule has 0 N–H and O–H groups in total. The summed E-state index contributed by atoms with van der Waals surface area (Å²) in [7, 11) is 0. The molecule has 0 aliphatic carbocycles. The van der Waals surface area contributed by atoms with E-state index in [9.17, 15) is 13.6 Å². The van der Waals surface area contributed by atoms with Gasteiger partial charge in [0.1, 0.15) is 5.75 Å². The predicted octanol–water partition coefficient (Wildman–Crippen LogP) is 4.75. The minimum Gasteiger partial charge on any atom is -0.494 e. The van der Waals surface area contributed by atoms with E-state index in [0.717, 1.165) is 24.3 Å². The molecule has 2 aromatic rings. The van der Waals surface area contributed by atoms with E-state index in [1.807, 2.05) is 6.92 Å². The lowest BCUT2D eigenvalue weighted by Gasteiger charge is -2.04. The van der Waals surface area contributed by atoms with Gasteiger partial charge in [0.25, 0.3) is 0 Å². The summed E-state index contributed by atoms with van der Waals surface area (Å²) in [6, 6.07) is 8.73. The highest BCUT2D eigenvalue weighted by Gasteiger charge is 2.26. The van der Waals surface area contributed by atoms with E-state index in [2.05, 4.69) is 4.99 Å². The van der Waals surface area contributed by atoms with Gasteiger partial charge in [-0.1, -0.05) is 30.7 Å². The molecule has 1 aliphatic rings. The molecule has 0 fully saturated rings. The number of carbonyl (C=O) groups excluding carboxylic acids is 1. The number of nitrogens with zero attached hydrogens (tertiary/aromatic N) is 1. The second kappa shape index (κ2) is 7.66. The Labute approximate surface area is 153 Å². The summed E-state index contributed by atoms with van der Waals surface area (Å²) in [5.41, 5.74) is 0.746. The smallest absolute Gasteiger partial charge is 0.363 e. The maximum atomic E-state index is 13.4. The van der Waals surface area contributed by atoms with Gasteiger partial charge in [-0.05, 0) is 42.3 Å². The van der Waals surface area contributed by atoms with Crippen LogP contribution in [0.15, 0.2) is 47.1 Å². The van der Waals surface area contributed by atoms with Crippen molar-refractivity contribution in [3.8, 4) is 5.75 Å². The van der Waals surface area contributed by atoms with Crippen molar-refractivity contribution in [2.75, 3.05) is 6.61 Å². The van der Waals surface area contributed by atoms with Gasteiger partial charge in [0.15, 0.2) is 17.3 Å². The zero-order valence-electron chi connectivity index (χ0n) is 13.8. The van der Waals surface area contributed by atoms with Crippen LogP contribution in [0.2, 0.25) is 5.02 Å². The van der Waals surface area contributed by atoms with E-state index in [4.69, 9.17) is 21.1 Å². The molecule has 0 amide bonds. The molecule has 0 spiro atoms. The molecule has 0 unspecified atom stereocenters. The molecule has 26 heavy (non-hydrogen) atoms. The predicted molar refractivity (Wildman–Crippen MR) is 94.2 cm³/mol. The van der Waals surface area contributed by atoms with Gasteiger partial charge in [0.2, 0.25) is 5.90 Å². The van der Waals surface area contributed by atoms with Crippen LogP contribution in [0.5, 0.6) is 5.75 Å². The third kappa shape index (κ3) is 3.91. The first-order valence-corrected chi connectivity index (χ1v) is 8.26. The molecule has 134 valence electrons. The fraction of sp³-hybridized carbons (Fsp3) is 0.158. The van der Waals surface area contributed by atoms with Gasteiger partial charge in [-0.25, -0.2) is 18.6 Å². The largest absolute Gasteiger partial charge is 0.494 e. The Kier molecular flexibility index (Phi) is 5.32. The minimum atomic E-state index is -1.11. The van der Waals surface area contributed by atoms with Crippen molar-refractivity contribution < 1.29 is 23.0 Å². The molecule has 3 rings (SSSR count). The van der Waals surface area contributed by atoms with Crippen LogP contribution in [0.25, 0.3) is 6.08 Å². The van der Waals surface area contributed by atoms with Crippen molar-refractivity contribution in [2.45, 2.75) is 13.3 Å². The first-order chi connectivity index (χ1) is 12.5. The van der Waals surface area contributed by atoms with E-state index in [0.29, 0.717) is 12.2 Å². The summed E-state index contributed by atoms with van der Waals surface area (Å²) in [5.74, 6) is -2.35. The molecule has 0 radical (unpaired) electrons. The Morgan fingerprint density at radius 3 is 2.58 bits per heavy atom. The van der Waals surface area contributed by atoms with Crippen molar-refractivity contribution in [1.29, 1.82) is 0 Å². The van der Waals surface area contributed by atoms with E-state index < -0.39 is 17.6 Å². The molecule has 1 heterocycles. The third-order valence-electron chi connectivity index (χ3n) is 3.52. The number of hydrogen-bond donors (Lipinski definition) is 0. The van der Waals surface area contributed by atoms with Crippen LogP contribution in [0.3, 0.4) is 0 Å². The third-order valence-corrected chi connectivity index (χ3v) is 3.83. The average Bonchev–Trinajstić information content (AvgIpc) is 2.98. The second-order valence-electron chi connectivity index (χ2n) is 5.50. The highest BCUT2D eigenvalue weighted by atomic mass is 35.5. The van der Waals surface area contributed by atoms with Crippen molar-refractivity contribution in [2.24, 2.45) is 4.99 Å². The molecule has 0 bridgehead atoms. The van der Waals surface area contributed by atoms with Crippen molar-refractivity contribution in [3.05, 3.63) is 69.9 Å². The topological polar surface area (TPSA) is 47.9 Å². The number of aliphatic imine (C=N–C) groups is 1. The molecule has 7 heteroatoms. The summed E-state index contributed by atoms with van der Waals surface area (Å²) >= 11 is 5.88. The zero-order chi connectivity index (χ0) is 18.7. The molecular weight excluding hydrogens is 364 g/mol. The molecule has 0 saturated heterocycles. The summed E-state index contributed by atoms with van der Waals surface area (Å²) in [6.45, 7) is 2.63. The SMILES string of the molecule is CCCOc1ccc(C=C2N=C(c3cc(F)c(F)cc3Cl)OC2=O)cc1. The van der Waals surface area contributed by atoms with Crippen molar-refractivity contribution in [3.63, 3.8) is 0 Å². The Morgan fingerprint density at radius 1 is 1.19 bits per heavy atom. The first kappa shape index (κ1) is 18.1. The van der Waals surface area contributed by atoms with Gasteiger partial charge in [-0.2, -0.15) is 0 Å². The lowest BCUT2D eigenvalue weighted by atomic mass is 10.2. The standard InChI is InChI=1S/C19H14ClF2NO3/c1-2-7-25-12-5-3-11(4-6-12)8-17-19(24)26-18(23-17)13-9-15(21)16(22)10-14(13)20/h3-6,8-10H,2,7H2,1H3. The van der Waals surface area contributed by atoms with Gasteiger partial charge < -0.3 is 9.47 Å². The van der Waals surface area contributed by atoms with Crippen molar-refractivity contribution >= 4 is 29.5 Å². The van der Waals surface area contributed by atoms with Crippen LogP contribution in [0.4, 0.5) is 8.78 Å². The number of hydrogen-bond acceptors (Lipinski definition) is 4. The summed E-state index contributed by atoms with van der Waals surface area (Å²) < 4.78 is 37.1. The van der Waals surface area contributed by atoms with E-state index in [-0.39, 0.29) is 22.2 Å². The monoisotopic (exact) mass is 377 g/mol. The number of esters is 1. The van der Waals surface area contributed by atoms with Crippen LogP contribution in [-0.4, -0.2) is 18.5 Å². The van der Waals surface area contributed by atoms with Gasteiger partial charge >= 0.3 is 5.97 Å². The maximum absolute atomic E-state index is 13.4. The molecule has 4 nitrogen and oxygen atoms in total. The fourth-order valence-electron chi connectivity index (χ4n) is 2.25. The Bertz CT molecular complexity index is 908. The van der Waals surface area contributed by atoms with Crippen LogP contribution in [-0.2, 0) is 9.53 Å². The minimum absolute atomic E-state index is 0.00521. The lowest BCUT2D eigenvalue weighted by molar-refractivity contribution is -0.129. The van der Waals surface area contributed by atoms with E-state index >= 15 is 0 Å². The highest BCUT2D eigenvalue weighted by Crippen LogP contribution is 2.26. The number of halogens is 3. The molecule has 1 aliphatic heterocycles. The number of cyclic esters (lactones) is 1. The fourth-order valence-corrected chi connectivity index (χ4v) is 2.48. The normalized spacial score (nSPS) is 15.2. The molecule has 0 atom stereocenters. The molecule has 0 saturated carbocycles. The van der Waals surface area contributed by atoms with Crippen LogP contribution < -0.4 is 4.74 Å². The summed E-state index contributed by atoms with van der Waals surface area (Å²) in [4.78, 5) is 16.0. The quantitative estimate of drug-likeness (QED) is 0.429. The zero-order valence-corrected chi connectivity index (χ0v) is 14.5. The number of carbonyl (C=O) groups is 1. The Morgan fingerprint density at radius 2 is 1.88 bits per heavy atom. The second-order valence-corrected chi connectivity index (χ2v) is 5.91. The van der Waals surface area contributed by atoms with E-state index in [1.54, 1.807) is 24.3 Å². The molecule has 0 aromatic heterocycles. The van der Waals surface area contributed by atoms with Gasteiger partial charge in [-0.15, -0.1) is 0 Å². The van der Waals surface area contributed by atoms with Gasteiger partial charge in [-0.3, -0.25) is 0 Å². The van der Waals surface area contributed by atoms with Crippen LogP contribution >= 0.6 is 11.6 Å². The van der Waals surface area contributed by atoms with Crippen LogP contribution in [0.1, 0.15) is 24.5 Å².